The largest absolute Gasteiger partial charge is 0.491 e. The molecule has 0 aliphatic rings. The van der Waals surface area contributed by atoms with Gasteiger partial charge in [0.15, 0.2) is 0 Å². The molecule has 0 radical (unpaired) electrons. The van der Waals surface area contributed by atoms with E-state index in [-0.39, 0.29) is 11.7 Å². The molecule has 2 aromatic rings. The lowest BCUT2D eigenvalue weighted by molar-refractivity contribution is 0.0698. The highest BCUT2D eigenvalue weighted by Gasteiger charge is 2.13. The second-order valence-electron chi connectivity index (χ2n) is 4.38. The van der Waals surface area contributed by atoms with Crippen LogP contribution in [-0.4, -0.2) is 17.2 Å². The SMILES string of the molecule is CC(C)Oc1ccc(-c2cc(C(=O)O)c(N)s2)cc1. The maximum absolute atomic E-state index is 10.9. The van der Waals surface area contributed by atoms with Crippen molar-refractivity contribution in [1.82, 2.24) is 0 Å². The highest BCUT2D eigenvalue weighted by molar-refractivity contribution is 7.19. The lowest BCUT2D eigenvalue weighted by atomic mass is 10.1. The van der Waals surface area contributed by atoms with E-state index in [9.17, 15) is 4.79 Å². The molecule has 0 aliphatic carbocycles. The van der Waals surface area contributed by atoms with Crippen LogP contribution in [0.15, 0.2) is 30.3 Å². The minimum absolute atomic E-state index is 0.127. The third-order valence-electron chi connectivity index (χ3n) is 2.50. The number of carboxylic acid groups (broad SMARTS) is 1. The number of ether oxygens (including phenoxy) is 1. The van der Waals surface area contributed by atoms with Crippen molar-refractivity contribution < 1.29 is 14.6 Å². The summed E-state index contributed by atoms with van der Waals surface area (Å²) in [6, 6.07) is 9.13. The highest BCUT2D eigenvalue weighted by atomic mass is 32.1. The fourth-order valence-electron chi connectivity index (χ4n) is 1.68. The van der Waals surface area contributed by atoms with E-state index in [1.165, 1.54) is 11.3 Å². The molecule has 4 nitrogen and oxygen atoms in total. The van der Waals surface area contributed by atoms with E-state index >= 15 is 0 Å². The van der Waals surface area contributed by atoms with E-state index in [0.29, 0.717) is 5.00 Å². The lowest BCUT2D eigenvalue weighted by Crippen LogP contribution is -2.04. The number of rotatable bonds is 4. The van der Waals surface area contributed by atoms with E-state index in [0.717, 1.165) is 16.2 Å². The van der Waals surface area contributed by atoms with E-state index in [2.05, 4.69) is 0 Å². The highest BCUT2D eigenvalue weighted by Crippen LogP contribution is 2.34. The molecule has 2 rings (SSSR count). The van der Waals surface area contributed by atoms with Crippen molar-refractivity contribution in [3.63, 3.8) is 0 Å². The summed E-state index contributed by atoms with van der Waals surface area (Å²) >= 11 is 1.27. The standard InChI is InChI=1S/C14H15NO3S/c1-8(2)18-10-5-3-9(4-6-10)12-7-11(14(16)17)13(15)19-12/h3-8H,15H2,1-2H3,(H,16,17). The smallest absolute Gasteiger partial charge is 0.338 e. The molecule has 0 aliphatic heterocycles. The summed E-state index contributed by atoms with van der Waals surface area (Å²) in [6.45, 7) is 3.93. The molecule has 0 fully saturated rings. The number of aromatic carboxylic acids is 1. The first kappa shape index (κ1) is 13.4. The van der Waals surface area contributed by atoms with E-state index in [4.69, 9.17) is 15.6 Å². The maximum atomic E-state index is 10.9. The third kappa shape index (κ3) is 3.06. The lowest BCUT2D eigenvalue weighted by Gasteiger charge is -2.09. The van der Waals surface area contributed by atoms with Gasteiger partial charge in [0.1, 0.15) is 10.8 Å². The van der Waals surface area contributed by atoms with Crippen LogP contribution in [0.1, 0.15) is 24.2 Å². The first-order valence-electron chi connectivity index (χ1n) is 5.87. The Balaban J connectivity index is 2.27. The van der Waals surface area contributed by atoms with Crippen LogP contribution in [0.3, 0.4) is 0 Å². The summed E-state index contributed by atoms with van der Waals surface area (Å²) in [7, 11) is 0. The quantitative estimate of drug-likeness (QED) is 0.897. The Bertz CT molecular complexity index is 587. The molecule has 0 bridgehead atoms. The number of hydrogen-bond acceptors (Lipinski definition) is 4. The summed E-state index contributed by atoms with van der Waals surface area (Å²) in [4.78, 5) is 11.8. The third-order valence-corrected chi connectivity index (χ3v) is 3.52. The zero-order valence-electron chi connectivity index (χ0n) is 10.7. The van der Waals surface area contributed by atoms with Gasteiger partial charge in [0.2, 0.25) is 0 Å². The van der Waals surface area contributed by atoms with Crippen LogP contribution in [0.4, 0.5) is 5.00 Å². The van der Waals surface area contributed by atoms with E-state index < -0.39 is 5.97 Å². The van der Waals surface area contributed by atoms with Gasteiger partial charge in [-0.05, 0) is 49.7 Å². The number of benzene rings is 1. The van der Waals surface area contributed by atoms with Crippen molar-refractivity contribution in [1.29, 1.82) is 0 Å². The van der Waals surface area contributed by atoms with Gasteiger partial charge in [0, 0.05) is 4.88 Å². The molecular weight excluding hydrogens is 262 g/mol. The van der Waals surface area contributed by atoms with Gasteiger partial charge >= 0.3 is 5.97 Å². The second kappa shape index (κ2) is 5.32. The van der Waals surface area contributed by atoms with Gasteiger partial charge in [-0.1, -0.05) is 0 Å². The summed E-state index contributed by atoms with van der Waals surface area (Å²) < 4.78 is 5.56. The number of anilines is 1. The topological polar surface area (TPSA) is 72.5 Å². The van der Waals surface area contributed by atoms with Gasteiger partial charge in [-0.2, -0.15) is 0 Å². The second-order valence-corrected chi connectivity index (χ2v) is 5.47. The Hall–Kier alpha value is -2.01. The van der Waals surface area contributed by atoms with Crippen molar-refractivity contribution in [3.8, 4) is 16.2 Å². The van der Waals surface area contributed by atoms with Crippen LogP contribution < -0.4 is 10.5 Å². The molecule has 5 heteroatoms. The summed E-state index contributed by atoms with van der Waals surface area (Å²) in [5.41, 5.74) is 6.77. The molecule has 1 heterocycles. The number of thiophene rings is 1. The molecule has 3 N–H and O–H groups in total. The molecule has 19 heavy (non-hydrogen) atoms. The fourth-order valence-corrected chi connectivity index (χ4v) is 2.61. The van der Waals surface area contributed by atoms with Gasteiger partial charge in [-0.3, -0.25) is 0 Å². The molecular formula is C14H15NO3S. The van der Waals surface area contributed by atoms with Crippen LogP contribution in [0.5, 0.6) is 5.75 Å². The Labute approximate surface area is 115 Å². The summed E-state index contributed by atoms with van der Waals surface area (Å²) in [6.07, 6.45) is 0.127. The maximum Gasteiger partial charge on any atom is 0.338 e. The fraction of sp³-hybridized carbons (Fsp3) is 0.214. The predicted molar refractivity (Wildman–Crippen MR) is 76.9 cm³/mol. The van der Waals surface area contributed by atoms with Gasteiger partial charge in [-0.15, -0.1) is 11.3 Å². The number of nitrogen functional groups attached to an aromatic ring is 1. The van der Waals surface area contributed by atoms with E-state index in [1.807, 2.05) is 38.1 Å². The molecule has 1 aromatic carbocycles. The van der Waals surface area contributed by atoms with Crippen LogP contribution in [0, 0.1) is 0 Å². The van der Waals surface area contributed by atoms with Crippen molar-refractivity contribution in [2.75, 3.05) is 5.73 Å². The Kier molecular flexibility index (Phi) is 3.76. The molecule has 0 saturated carbocycles. The molecule has 1 aromatic heterocycles. The van der Waals surface area contributed by atoms with Crippen LogP contribution >= 0.6 is 11.3 Å². The van der Waals surface area contributed by atoms with Gasteiger partial charge in [0.25, 0.3) is 0 Å². The first-order valence-corrected chi connectivity index (χ1v) is 6.68. The molecule has 0 amide bonds. The van der Waals surface area contributed by atoms with Crippen LogP contribution in [0.2, 0.25) is 0 Å². The number of carboxylic acids is 1. The zero-order valence-corrected chi connectivity index (χ0v) is 11.5. The number of hydrogen-bond donors (Lipinski definition) is 2. The van der Waals surface area contributed by atoms with Crippen LogP contribution in [-0.2, 0) is 0 Å². The van der Waals surface area contributed by atoms with Crippen molar-refractivity contribution in [2.45, 2.75) is 20.0 Å². The molecule has 0 saturated heterocycles. The molecule has 100 valence electrons. The molecule has 0 spiro atoms. The van der Waals surface area contributed by atoms with Crippen molar-refractivity contribution in [2.24, 2.45) is 0 Å². The summed E-state index contributed by atoms with van der Waals surface area (Å²) in [5.74, 6) is -0.207. The average molecular weight is 277 g/mol. The zero-order chi connectivity index (χ0) is 14.0. The number of nitrogens with two attached hydrogens (primary N) is 1. The first-order chi connectivity index (χ1) is 8.97. The summed E-state index contributed by atoms with van der Waals surface area (Å²) in [5, 5.41) is 9.30. The van der Waals surface area contributed by atoms with Gasteiger partial charge in [0.05, 0.1) is 11.7 Å². The number of carbonyl (C=O) groups is 1. The normalized spacial score (nSPS) is 10.7. The monoisotopic (exact) mass is 277 g/mol. The Morgan fingerprint density at radius 1 is 1.32 bits per heavy atom. The molecule has 0 atom stereocenters. The van der Waals surface area contributed by atoms with Crippen molar-refractivity contribution >= 4 is 22.3 Å². The van der Waals surface area contributed by atoms with E-state index in [1.54, 1.807) is 6.07 Å². The average Bonchev–Trinajstić information content (AvgIpc) is 2.71. The minimum atomic E-state index is -1.00. The Morgan fingerprint density at radius 2 is 1.95 bits per heavy atom. The van der Waals surface area contributed by atoms with Crippen LogP contribution in [0.25, 0.3) is 10.4 Å². The van der Waals surface area contributed by atoms with Gasteiger partial charge < -0.3 is 15.6 Å². The van der Waals surface area contributed by atoms with Gasteiger partial charge in [-0.25, -0.2) is 4.79 Å². The van der Waals surface area contributed by atoms with Crippen molar-refractivity contribution in [3.05, 3.63) is 35.9 Å². The molecule has 0 unspecified atom stereocenters. The minimum Gasteiger partial charge on any atom is -0.491 e. The Morgan fingerprint density at radius 3 is 2.42 bits per heavy atom. The predicted octanol–water partition coefficient (Wildman–Crippen LogP) is 3.48.